The highest BCUT2D eigenvalue weighted by Crippen LogP contribution is 2.39. The first-order valence-electron chi connectivity index (χ1n) is 15.8. The smallest absolute Gasteiger partial charge is 0.255 e. The molecular weight excluding hydrogens is 604 g/mol. The second-order valence-electron chi connectivity index (χ2n) is 12.9. The minimum atomic E-state index is -4.27. The number of benzene rings is 3. The second kappa shape index (κ2) is 14.7. The van der Waals surface area contributed by atoms with Crippen LogP contribution in [0, 0.1) is 0 Å². The molecule has 3 aromatic carbocycles. The fourth-order valence-electron chi connectivity index (χ4n) is 6.15. The van der Waals surface area contributed by atoms with E-state index in [9.17, 15) is 13.2 Å². The number of primary sulfonamides is 1. The van der Waals surface area contributed by atoms with E-state index in [-0.39, 0.29) is 27.3 Å². The number of likely N-dealkylation sites (tertiary alicyclic amines) is 1. The van der Waals surface area contributed by atoms with E-state index in [4.69, 9.17) is 19.3 Å². The third kappa shape index (κ3) is 8.71. The summed E-state index contributed by atoms with van der Waals surface area (Å²) < 4.78 is 43.3. The Balaban J connectivity index is 1.59. The van der Waals surface area contributed by atoms with Crippen molar-refractivity contribution in [3.63, 3.8) is 0 Å². The maximum atomic E-state index is 13.6. The number of unbranched alkanes of at least 4 members (excludes halogenated alkanes) is 1. The monoisotopic (exact) mass is 652 g/mol. The van der Waals surface area contributed by atoms with Gasteiger partial charge in [-0.1, -0.05) is 31.5 Å². The number of hydrogen-bond donors (Lipinski definition) is 3. The van der Waals surface area contributed by atoms with Gasteiger partial charge in [0.25, 0.3) is 5.91 Å². The lowest BCUT2D eigenvalue weighted by molar-refractivity contribution is -0.0341. The number of nitrogens with one attached hydrogen (secondary N) is 2. The molecule has 46 heavy (non-hydrogen) atoms. The molecule has 3 aromatic rings. The number of anilines is 2. The van der Waals surface area contributed by atoms with Crippen molar-refractivity contribution < 1.29 is 27.4 Å². The SMILES string of the molecule is CCCCNc1cc(C(=O)Nc2ccc(OC)c(OCCN3C(C)(C)CCCC3(C)C)c2)cc(S(N)(=O)=O)c1Oc1ccccc1. The van der Waals surface area contributed by atoms with E-state index in [1.54, 1.807) is 55.6 Å². The maximum absolute atomic E-state index is 13.6. The largest absolute Gasteiger partial charge is 0.493 e. The zero-order valence-corrected chi connectivity index (χ0v) is 28.6. The van der Waals surface area contributed by atoms with Crippen LogP contribution in [0.5, 0.6) is 23.0 Å². The first kappa shape index (κ1) is 35.1. The Bertz CT molecular complexity index is 1590. The number of carbonyl (C=O) groups excluding carboxylic acids is 1. The van der Waals surface area contributed by atoms with Crippen LogP contribution in [0.25, 0.3) is 0 Å². The van der Waals surface area contributed by atoms with Gasteiger partial charge >= 0.3 is 0 Å². The molecule has 1 amide bonds. The van der Waals surface area contributed by atoms with Crippen LogP contribution in [0.2, 0.25) is 0 Å². The lowest BCUT2D eigenvalue weighted by atomic mass is 9.80. The molecule has 0 atom stereocenters. The molecule has 0 aromatic heterocycles. The summed E-state index contributed by atoms with van der Waals surface area (Å²) in [5.74, 6) is 0.966. The standard InChI is InChI=1S/C35H48N4O6S/c1-7-8-19-37-28-22-25(23-31(46(36,41)42)32(28)45-27-13-10-9-11-14-27)33(40)38-26-15-16-29(43-6)30(24-26)44-21-20-39-34(2,3)17-12-18-35(39,4)5/h9-11,13-16,22-24,37H,7-8,12,17-21H2,1-6H3,(H,38,40)(H2,36,41,42). The third-order valence-corrected chi connectivity index (χ3v) is 9.38. The molecule has 0 bridgehead atoms. The van der Waals surface area contributed by atoms with Gasteiger partial charge in [-0.15, -0.1) is 0 Å². The molecule has 0 saturated carbocycles. The number of rotatable bonds is 14. The molecule has 1 heterocycles. The minimum absolute atomic E-state index is 0.0292. The Hall–Kier alpha value is -3.80. The molecule has 0 spiro atoms. The van der Waals surface area contributed by atoms with Crippen molar-refractivity contribution in [1.82, 2.24) is 4.90 Å². The first-order chi connectivity index (χ1) is 21.7. The zero-order chi connectivity index (χ0) is 33.5. The van der Waals surface area contributed by atoms with Gasteiger partial charge in [0.2, 0.25) is 10.0 Å². The normalized spacial score (nSPS) is 16.0. The van der Waals surface area contributed by atoms with Crippen LogP contribution in [0.4, 0.5) is 11.4 Å². The maximum Gasteiger partial charge on any atom is 0.255 e. The first-order valence-corrected chi connectivity index (χ1v) is 17.4. The zero-order valence-electron chi connectivity index (χ0n) is 27.8. The van der Waals surface area contributed by atoms with Crippen molar-refractivity contribution >= 4 is 27.3 Å². The van der Waals surface area contributed by atoms with E-state index >= 15 is 0 Å². The number of methoxy groups -OCH3 is 1. The number of hydrogen-bond acceptors (Lipinski definition) is 8. The van der Waals surface area contributed by atoms with Crippen molar-refractivity contribution in [3.05, 3.63) is 66.2 Å². The third-order valence-electron chi connectivity index (χ3n) is 8.46. The summed E-state index contributed by atoms with van der Waals surface area (Å²) in [5, 5.41) is 11.7. The van der Waals surface area contributed by atoms with E-state index in [1.807, 2.05) is 13.0 Å². The average Bonchev–Trinajstić information content (AvgIpc) is 2.99. The molecule has 0 aliphatic carbocycles. The van der Waals surface area contributed by atoms with Crippen LogP contribution in [0.3, 0.4) is 0 Å². The molecule has 0 radical (unpaired) electrons. The summed E-state index contributed by atoms with van der Waals surface area (Å²) in [7, 11) is -2.71. The quantitative estimate of drug-likeness (QED) is 0.158. The highest BCUT2D eigenvalue weighted by atomic mass is 32.2. The van der Waals surface area contributed by atoms with Crippen molar-refractivity contribution in [2.75, 3.05) is 37.4 Å². The predicted molar refractivity (Wildman–Crippen MR) is 183 cm³/mol. The van der Waals surface area contributed by atoms with Crippen LogP contribution in [0.15, 0.2) is 65.6 Å². The average molecular weight is 653 g/mol. The number of nitrogens with two attached hydrogens (primary N) is 1. The molecular formula is C35H48N4O6S. The number of ether oxygens (including phenoxy) is 3. The summed E-state index contributed by atoms with van der Waals surface area (Å²) in [6, 6.07) is 16.7. The van der Waals surface area contributed by atoms with Crippen LogP contribution in [-0.4, -0.2) is 57.1 Å². The van der Waals surface area contributed by atoms with Gasteiger partial charge in [0.15, 0.2) is 17.2 Å². The fourth-order valence-corrected chi connectivity index (χ4v) is 6.85. The summed E-state index contributed by atoms with van der Waals surface area (Å²) in [5.41, 5.74) is 1.02. The highest BCUT2D eigenvalue weighted by molar-refractivity contribution is 7.89. The number of carbonyl (C=O) groups is 1. The van der Waals surface area contributed by atoms with Gasteiger partial charge in [0.05, 0.1) is 12.8 Å². The predicted octanol–water partition coefficient (Wildman–Crippen LogP) is 7.02. The second-order valence-corrected chi connectivity index (χ2v) is 14.4. The number of piperidine rings is 1. The Labute approximate surface area is 273 Å². The van der Waals surface area contributed by atoms with E-state index in [0.29, 0.717) is 41.8 Å². The summed E-state index contributed by atoms with van der Waals surface area (Å²) >= 11 is 0. The Morgan fingerprint density at radius 2 is 1.67 bits per heavy atom. The van der Waals surface area contributed by atoms with E-state index in [1.165, 1.54) is 12.5 Å². The number of amides is 1. The molecule has 11 heteroatoms. The molecule has 1 saturated heterocycles. The van der Waals surface area contributed by atoms with E-state index in [0.717, 1.165) is 32.2 Å². The molecule has 1 fully saturated rings. The van der Waals surface area contributed by atoms with E-state index in [2.05, 4.69) is 43.2 Å². The number of nitrogens with zero attached hydrogens (tertiary/aromatic N) is 1. The van der Waals surface area contributed by atoms with Gasteiger partial charge < -0.3 is 24.8 Å². The molecule has 0 unspecified atom stereocenters. The number of sulfonamides is 1. The number of para-hydroxylation sites is 1. The van der Waals surface area contributed by atoms with Crippen LogP contribution in [-0.2, 0) is 10.0 Å². The van der Waals surface area contributed by atoms with Crippen LogP contribution < -0.4 is 30.0 Å². The van der Waals surface area contributed by atoms with Gasteiger partial charge in [0, 0.05) is 41.5 Å². The molecule has 1 aliphatic rings. The lowest BCUT2D eigenvalue weighted by Crippen LogP contribution is -2.59. The Morgan fingerprint density at radius 1 is 0.978 bits per heavy atom. The molecule has 250 valence electrons. The van der Waals surface area contributed by atoms with Gasteiger partial charge in [0.1, 0.15) is 17.3 Å². The van der Waals surface area contributed by atoms with Gasteiger partial charge in [-0.05, 0) is 89.8 Å². The van der Waals surface area contributed by atoms with Gasteiger partial charge in [-0.3, -0.25) is 9.69 Å². The minimum Gasteiger partial charge on any atom is -0.493 e. The molecule has 4 rings (SSSR count). The molecule has 1 aliphatic heterocycles. The fraction of sp³-hybridized carbons (Fsp3) is 0.457. The van der Waals surface area contributed by atoms with Crippen molar-refractivity contribution in [2.45, 2.75) is 82.7 Å². The van der Waals surface area contributed by atoms with Crippen LogP contribution in [0.1, 0.15) is 77.1 Å². The molecule has 10 nitrogen and oxygen atoms in total. The van der Waals surface area contributed by atoms with Gasteiger partial charge in [-0.2, -0.15) is 0 Å². The van der Waals surface area contributed by atoms with Crippen molar-refractivity contribution in [2.24, 2.45) is 5.14 Å². The Kier molecular flexibility index (Phi) is 11.2. The van der Waals surface area contributed by atoms with Crippen molar-refractivity contribution in [3.8, 4) is 23.0 Å². The van der Waals surface area contributed by atoms with Crippen molar-refractivity contribution in [1.29, 1.82) is 0 Å². The van der Waals surface area contributed by atoms with Crippen LogP contribution >= 0.6 is 0 Å². The summed E-state index contributed by atoms with van der Waals surface area (Å²) in [6.45, 7) is 12.9. The topological polar surface area (TPSA) is 132 Å². The Morgan fingerprint density at radius 3 is 2.30 bits per heavy atom. The summed E-state index contributed by atoms with van der Waals surface area (Å²) in [6.07, 6.45) is 5.20. The van der Waals surface area contributed by atoms with E-state index < -0.39 is 15.9 Å². The van der Waals surface area contributed by atoms with Gasteiger partial charge in [-0.25, -0.2) is 13.6 Å². The highest BCUT2D eigenvalue weighted by Gasteiger charge is 2.40. The lowest BCUT2D eigenvalue weighted by Gasteiger charge is -2.53. The molecule has 4 N–H and O–H groups in total. The summed E-state index contributed by atoms with van der Waals surface area (Å²) in [4.78, 5) is 15.8.